The largest absolute Gasteiger partial charge is 0.493 e. The minimum atomic E-state index is -3.03. The topological polar surface area (TPSA) is 82.8 Å². The molecule has 26 heavy (non-hydrogen) atoms. The molecule has 148 valence electrons. The summed E-state index contributed by atoms with van der Waals surface area (Å²) in [6.07, 6.45) is 3.99. The molecule has 1 aromatic carbocycles. The molecule has 2 unspecified atom stereocenters. The summed E-state index contributed by atoms with van der Waals surface area (Å²) < 4.78 is 39.8. The molecule has 0 saturated heterocycles. The Labute approximate surface area is 157 Å². The summed E-state index contributed by atoms with van der Waals surface area (Å²) in [6, 6.07) is 2.71. The summed E-state index contributed by atoms with van der Waals surface area (Å²) in [6.45, 7) is -2.52. The highest BCUT2D eigenvalue weighted by atomic mass is 35.5. The van der Waals surface area contributed by atoms with E-state index >= 15 is 0 Å². The Hall–Kier alpha value is -1.80. The van der Waals surface area contributed by atoms with Gasteiger partial charge in [0.15, 0.2) is 11.5 Å². The van der Waals surface area contributed by atoms with Crippen LogP contribution in [-0.4, -0.2) is 39.3 Å². The molecule has 3 N–H and O–H groups in total. The van der Waals surface area contributed by atoms with Crippen molar-refractivity contribution in [1.82, 2.24) is 5.32 Å². The Kier molecular flexibility index (Phi) is 8.87. The number of hydrogen-bond acceptors (Lipinski definition) is 5. The van der Waals surface area contributed by atoms with Crippen molar-refractivity contribution in [2.24, 2.45) is 11.7 Å². The highest BCUT2D eigenvalue weighted by Crippen LogP contribution is 2.39. The molecular weight excluding hydrogens is 370 g/mol. The lowest BCUT2D eigenvalue weighted by Gasteiger charge is -2.31. The first kappa shape index (κ1) is 22.2. The molecule has 2 rings (SSSR count). The van der Waals surface area contributed by atoms with Crippen LogP contribution in [0.4, 0.5) is 8.78 Å². The number of ether oxygens (including phenoxy) is 3. The number of benzene rings is 1. The van der Waals surface area contributed by atoms with Gasteiger partial charge in [-0.15, -0.1) is 12.4 Å². The summed E-state index contributed by atoms with van der Waals surface area (Å²) in [7, 11) is 2.61. The van der Waals surface area contributed by atoms with E-state index in [4.69, 9.17) is 15.2 Å². The van der Waals surface area contributed by atoms with Gasteiger partial charge in [0.2, 0.25) is 5.75 Å². The van der Waals surface area contributed by atoms with Crippen molar-refractivity contribution < 1.29 is 27.8 Å². The van der Waals surface area contributed by atoms with Crippen molar-refractivity contribution in [2.45, 2.75) is 38.3 Å². The van der Waals surface area contributed by atoms with Crippen LogP contribution in [-0.2, 0) is 0 Å². The first-order valence-corrected chi connectivity index (χ1v) is 8.21. The summed E-state index contributed by atoms with van der Waals surface area (Å²) in [5, 5.41) is 2.98. The molecule has 0 spiro atoms. The number of carbonyl (C=O) groups excluding carboxylic acids is 1. The van der Waals surface area contributed by atoms with Gasteiger partial charge in [-0.2, -0.15) is 8.78 Å². The van der Waals surface area contributed by atoms with Crippen molar-refractivity contribution in [2.75, 3.05) is 20.8 Å². The summed E-state index contributed by atoms with van der Waals surface area (Å²) in [4.78, 5) is 12.6. The van der Waals surface area contributed by atoms with Crippen molar-refractivity contribution in [3.8, 4) is 17.2 Å². The zero-order valence-corrected chi connectivity index (χ0v) is 15.6. The summed E-state index contributed by atoms with van der Waals surface area (Å²) >= 11 is 0. The molecule has 9 heteroatoms. The normalized spacial score (nSPS) is 19.5. The van der Waals surface area contributed by atoms with Gasteiger partial charge in [-0.3, -0.25) is 4.79 Å². The SMILES string of the molecule is COc1cc(C(=O)NC2CCCCC2CN)cc(OC)c1OC(F)F.Cl. The number of hydrogen-bond donors (Lipinski definition) is 2. The molecule has 0 heterocycles. The molecule has 6 nitrogen and oxygen atoms in total. The van der Waals surface area contributed by atoms with Crippen LogP contribution < -0.4 is 25.3 Å². The van der Waals surface area contributed by atoms with Crippen molar-refractivity contribution >= 4 is 18.3 Å². The van der Waals surface area contributed by atoms with Gasteiger partial charge >= 0.3 is 6.61 Å². The number of rotatable bonds is 7. The number of nitrogens with two attached hydrogens (primary N) is 1. The Balaban J connectivity index is 0.00000338. The summed E-state index contributed by atoms with van der Waals surface area (Å²) in [5.41, 5.74) is 6.03. The van der Waals surface area contributed by atoms with E-state index in [1.807, 2.05) is 0 Å². The molecule has 1 aliphatic rings. The van der Waals surface area contributed by atoms with Crippen LogP contribution in [0.2, 0.25) is 0 Å². The maximum Gasteiger partial charge on any atom is 0.387 e. The van der Waals surface area contributed by atoms with E-state index in [1.54, 1.807) is 0 Å². The van der Waals surface area contributed by atoms with E-state index in [9.17, 15) is 13.6 Å². The molecule has 1 amide bonds. The number of nitrogens with one attached hydrogen (secondary N) is 1. The Bertz CT molecular complexity index is 579. The fourth-order valence-electron chi connectivity index (χ4n) is 3.15. The molecule has 2 atom stereocenters. The lowest BCUT2D eigenvalue weighted by Crippen LogP contribution is -2.44. The standard InChI is InChI=1S/C17H24F2N2O4.ClH/c1-23-13-7-11(8-14(24-2)15(13)25-17(18)19)16(22)21-12-6-4-3-5-10(12)9-20;/h7-8,10,12,17H,3-6,9,20H2,1-2H3,(H,21,22);1H. The van der Waals surface area contributed by atoms with E-state index in [0.717, 1.165) is 25.7 Å². The number of carbonyl (C=O) groups is 1. The molecule has 0 aliphatic heterocycles. The number of alkyl halides is 2. The highest BCUT2D eigenvalue weighted by Gasteiger charge is 2.27. The molecule has 0 radical (unpaired) electrons. The minimum absolute atomic E-state index is 0. The van der Waals surface area contributed by atoms with Crippen molar-refractivity contribution in [1.29, 1.82) is 0 Å². The minimum Gasteiger partial charge on any atom is -0.493 e. The monoisotopic (exact) mass is 394 g/mol. The van der Waals surface area contributed by atoms with E-state index in [0.29, 0.717) is 6.54 Å². The van der Waals surface area contributed by atoms with Gasteiger partial charge in [0.25, 0.3) is 5.91 Å². The van der Waals surface area contributed by atoms with E-state index in [2.05, 4.69) is 10.1 Å². The second kappa shape index (κ2) is 10.4. The van der Waals surface area contributed by atoms with Crippen LogP contribution in [0.3, 0.4) is 0 Å². The van der Waals surface area contributed by atoms with Crippen LogP contribution in [0.25, 0.3) is 0 Å². The average Bonchev–Trinajstić information content (AvgIpc) is 2.61. The molecule has 0 bridgehead atoms. The zero-order valence-electron chi connectivity index (χ0n) is 14.8. The van der Waals surface area contributed by atoms with Gasteiger partial charge < -0.3 is 25.3 Å². The second-order valence-electron chi connectivity index (χ2n) is 5.95. The van der Waals surface area contributed by atoms with Crippen LogP contribution in [0, 0.1) is 5.92 Å². The van der Waals surface area contributed by atoms with Crippen LogP contribution in [0.1, 0.15) is 36.0 Å². The Morgan fingerprint density at radius 2 is 1.81 bits per heavy atom. The predicted molar refractivity (Wildman–Crippen MR) is 95.7 cm³/mol. The molecule has 1 fully saturated rings. The summed E-state index contributed by atoms with van der Waals surface area (Å²) in [5.74, 6) is -0.324. The molecule has 1 aromatic rings. The first-order valence-electron chi connectivity index (χ1n) is 8.21. The molecular formula is C17H25ClF2N2O4. The average molecular weight is 395 g/mol. The van der Waals surface area contributed by atoms with Gasteiger partial charge in [0.1, 0.15) is 0 Å². The number of halogens is 3. The lowest BCUT2D eigenvalue weighted by atomic mass is 9.84. The van der Waals surface area contributed by atoms with Crippen molar-refractivity contribution in [3.05, 3.63) is 17.7 Å². The third-order valence-corrected chi connectivity index (χ3v) is 4.46. The number of amides is 1. The van der Waals surface area contributed by atoms with Crippen molar-refractivity contribution in [3.63, 3.8) is 0 Å². The van der Waals surface area contributed by atoms with Gasteiger partial charge in [0.05, 0.1) is 14.2 Å². The van der Waals surface area contributed by atoms with Gasteiger partial charge in [0, 0.05) is 11.6 Å². The zero-order chi connectivity index (χ0) is 18.4. The van der Waals surface area contributed by atoms with E-state index < -0.39 is 6.61 Å². The third kappa shape index (κ3) is 5.35. The molecule has 1 aliphatic carbocycles. The maximum atomic E-state index is 12.6. The van der Waals surface area contributed by atoms with E-state index in [1.165, 1.54) is 26.4 Å². The predicted octanol–water partition coefficient (Wildman–Crippen LogP) is 2.97. The third-order valence-electron chi connectivity index (χ3n) is 4.46. The molecule has 1 saturated carbocycles. The van der Waals surface area contributed by atoms with Crippen LogP contribution in [0.5, 0.6) is 17.2 Å². The number of methoxy groups -OCH3 is 2. The second-order valence-corrected chi connectivity index (χ2v) is 5.95. The quantitative estimate of drug-likeness (QED) is 0.742. The molecule has 0 aromatic heterocycles. The van der Waals surface area contributed by atoms with Crippen LogP contribution in [0.15, 0.2) is 12.1 Å². The van der Waals surface area contributed by atoms with Gasteiger partial charge in [-0.05, 0) is 37.4 Å². The van der Waals surface area contributed by atoms with Gasteiger partial charge in [-0.25, -0.2) is 0 Å². The fourth-order valence-corrected chi connectivity index (χ4v) is 3.15. The smallest absolute Gasteiger partial charge is 0.387 e. The maximum absolute atomic E-state index is 12.6. The first-order chi connectivity index (χ1) is 12.0. The van der Waals surface area contributed by atoms with E-state index in [-0.39, 0.29) is 53.1 Å². The fraction of sp³-hybridized carbons (Fsp3) is 0.588. The van der Waals surface area contributed by atoms with Crippen LogP contribution >= 0.6 is 12.4 Å². The lowest BCUT2D eigenvalue weighted by molar-refractivity contribution is -0.0526. The highest BCUT2D eigenvalue weighted by molar-refractivity contribution is 5.95. The van der Waals surface area contributed by atoms with Gasteiger partial charge in [-0.1, -0.05) is 12.8 Å². The Morgan fingerprint density at radius 1 is 1.23 bits per heavy atom. The Morgan fingerprint density at radius 3 is 2.31 bits per heavy atom.